The molecular formula is C43H28N2. The third-order valence-corrected chi connectivity index (χ3v) is 9.18. The molecule has 2 nitrogen and oxygen atoms in total. The SMILES string of the molecule is C1=C=Cc2c(c(C3=CC=C(c4nc5ccccc5n4-c4ccccc4)CC3)c3ccccc3c2-c2ccc3ccccc3c2)C=1. The third-order valence-electron chi connectivity index (χ3n) is 9.18. The summed E-state index contributed by atoms with van der Waals surface area (Å²) in [6.45, 7) is 0. The maximum atomic E-state index is 5.13. The molecule has 7 aromatic rings. The molecule has 1 aromatic heterocycles. The van der Waals surface area contributed by atoms with Gasteiger partial charge in [-0.3, -0.25) is 4.57 Å². The molecule has 0 radical (unpaired) electrons. The molecule has 45 heavy (non-hydrogen) atoms. The number of hydrogen-bond donors (Lipinski definition) is 0. The summed E-state index contributed by atoms with van der Waals surface area (Å²) in [5.74, 6) is 1.02. The number of nitrogens with zero attached hydrogens (tertiary/aromatic N) is 2. The highest BCUT2D eigenvalue weighted by Gasteiger charge is 2.24. The summed E-state index contributed by atoms with van der Waals surface area (Å²) in [7, 11) is 0. The zero-order valence-electron chi connectivity index (χ0n) is 24.7. The van der Waals surface area contributed by atoms with Crippen molar-refractivity contribution in [1.29, 1.82) is 0 Å². The van der Waals surface area contributed by atoms with Gasteiger partial charge in [0.25, 0.3) is 0 Å². The molecule has 0 fully saturated rings. The molecule has 2 heteroatoms. The van der Waals surface area contributed by atoms with Gasteiger partial charge in [0.05, 0.1) is 11.0 Å². The number of benzene rings is 6. The van der Waals surface area contributed by atoms with E-state index in [1.807, 2.05) is 0 Å². The van der Waals surface area contributed by atoms with E-state index in [0.29, 0.717) is 0 Å². The van der Waals surface area contributed by atoms with Crippen molar-refractivity contribution in [3.63, 3.8) is 0 Å². The number of para-hydroxylation sites is 3. The monoisotopic (exact) mass is 572 g/mol. The van der Waals surface area contributed by atoms with E-state index in [9.17, 15) is 0 Å². The van der Waals surface area contributed by atoms with Crippen molar-refractivity contribution in [2.24, 2.45) is 0 Å². The average Bonchev–Trinajstić information content (AvgIpc) is 3.50. The van der Waals surface area contributed by atoms with Crippen LogP contribution >= 0.6 is 0 Å². The normalized spacial score (nSPS) is 13.8. The van der Waals surface area contributed by atoms with Gasteiger partial charge in [0.2, 0.25) is 0 Å². The van der Waals surface area contributed by atoms with Gasteiger partial charge in [-0.2, -0.15) is 0 Å². The zero-order valence-corrected chi connectivity index (χ0v) is 24.7. The maximum absolute atomic E-state index is 5.13. The Morgan fingerprint density at radius 3 is 2.00 bits per heavy atom. The number of aromatic nitrogens is 2. The molecule has 1 heterocycles. The molecule has 0 aliphatic heterocycles. The number of fused-ring (bicyclic) bond motifs is 4. The first-order chi connectivity index (χ1) is 22.3. The van der Waals surface area contributed by atoms with Crippen LogP contribution < -0.4 is 0 Å². The lowest BCUT2D eigenvalue weighted by molar-refractivity contribution is 0.990. The lowest BCUT2D eigenvalue weighted by Gasteiger charge is -2.23. The Bertz CT molecular complexity index is 2490. The third kappa shape index (κ3) is 4.17. The summed E-state index contributed by atoms with van der Waals surface area (Å²) in [5.41, 5.74) is 18.6. The zero-order chi connectivity index (χ0) is 29.7. The van der Waals surface area contributed by atoms with Gasteiger partial charge < -0.3 is 0 Å². The van der Waals surface area contributed by atoms with E-state index in [1.165, 1.54) is 60.5 Å². The first-order valence-corrected chi connectivity index (χ1v) is 15.5. The van der Waals surface area contributed by atoms with Crippen LogP contribution in [0, 0.1) is 0 Å². The Hall–Kier alpha value is -5.91. The highest BCUT2D eigenvalue weighted by molar-refractivity contribution is 6.10. The van der Waals surface area contributed by atoms with Crippen LogP contribution in [0.5, 0.6) is 0 Å². The fraction of sp³-hybridized carbons (Fsp3) is 0.0465. The molecule has 0 saturated heterocycles. The number of hydrogen-bond acceptors (Lipinski definition) is 1. The summed E-state index contributed by atoms with van der Waals surface area (Å²) in [4.78, 5) is 5.13. The highest BCUT2D eigenvalue weighted by atomic mass is 15.1. The molecule has 210 valence electrons. The average molecular weight is 573 g/mol. The molecule has 0 atom stereocenters. The number of imidazole rings is 1. The Morgan fingerprint density at radius 2 is 1.20 bits per heavy atom. The van der Waals surface area contributed by atoms with E-state index >= 15 is 0 Å². The summed E-state index contributed by atoms with van der Waals surface area (Å²) in [6.07, 6.45) is 10.7. The van der Waals surface area contributed by atoms with Crippen LogP contribution in [0.1, 0.15) is 35.4 Å². The van der Waals surface area contributed by atoms with Gasteiger partial charge in [-0.05, 0) is 116 Å². The molecule has 0 bridgehead atoms. The minimum atomic E-state index is 0.910. The van der Waals surface area contributed by atoms with Crippen LogP contribution in [-0.2, 0) is 0 Å². The fourth-order valence-electron chi connectivity index (χ4n) is 7.12. The first kappa shape index (κ1) is 25.6. The highest BCUT2D eigenvalue weighted by Crippen LogP contribution is 2.45. The minimum absolute atomic E-state index is 0.910. The van der Waals surface area contributed by atoms with Crippen LogP contribution in [0.3, 0.4) is 0 Å². The molecule has 0 spiro atoms. The predicted molar refractivity (Wildman–Crippen MR) is 189 cm³/mol. The van der Waals surface area contributed by atoms with Crippen molar-refractivity contribution in [3.05, 3.63) is 167 Å². The van der Waals surface area contributed by atoms with Gasteiger partial charge in [-0.1, -0.05) is 115 Å². The van der Waals surface area contributed by atoms with Crippen LogP contribution in [0.15, 0.2) is 145 Å². The molecule has 0 unspecified atom stereocenters. The predicted octanol–water partition coefficient (Wildman–Crippen LogP) is 11.1. The van der Waals surface area contributed by atoms with Crippen molar-refractivity contribution < 1.29 is 0 Å². The van der Waals surface area contributed by atoms with Crippen molar-refractivity contribution in [3.8, 4) is 16.8 Å². The van der Waals surface area contributed by atoms with Crippen LogP contribution in [0.2, 0.25) is 0 Å². The largest absolute Gasteiger partial charge is 0.293 e. The standard InChI is InChI=1S/C43H28N2/c1-2-14-34(15-3-1)45-40-21-11-10-20-39(40)44-43(45)31-25-23-30(24-26-31)41-35-16-6-8-18-37(35)42(38-19-9-7-17-36(38)41)33-27-22-29-12-4-5-13-32(29)28-33/h1-6,8,10-23,25,27-28H,24,26H2. The molecule has 6 aromatic carbocycles. The summed E-state index contributed by atoms with van der Waals surface area (Å²) >= 11 is 0. The molecule has 9 rings (SSSR count). The van der Waals surface area contributed by atoms with Crippen molar-refractivity contribution in [2.45, 2.75) is 12.8 Å². The Labute approximate surface area is 261 Å². The van der Waals surface area contributed by atoms with E-state index in [1.54, 1.807) is 0 Å². The van der Waals surface area contributed by atoms with Crippen molar-refractivity contribution >= 4 is 55.9 Å². The van der Waals surface area contributed by atoms with Gasteiger partial charge in [0.15, 0.2) is 0 Å². The van der Waals surface area contributed by atoms with E-state index in [4.69, 9.17) is 4.98 Å². The molecule has 0 amide bonds. The van der Waals surface area contributed by atoms with Gasteiger partial charge in [-0.25, -0.2) is 4.98 Å². The Morgan fingerprint density at radius 1 is 0.556 bits per heavy atom. The fourth-order valence-corrected chi connectivity index (χ4v) is 7.12. The maximum Gasteiger partial charge on any atom is 0.141 e. The molecule has 2 aliphatic rings. The Kier molecular flexibility index (Phi) is 5.89. The number of allylic oxidation sites excluding steroid dienone is 4. The lowest BCUT2D eigenvalue weighted by atomic mass is 9.80. The summed E-state index contributed by atoms with van der Waals surface area (Å²) < 4.78 is 2.30. The molecular weight excluding hydrogens is 544 g/mol. The minimum Gasteiger partial charge on any atom is -0.293 e. The number of rotatable bonds is 4. The van der Waals surface area contributed by atoms with E-state index in [0.717, 1.165) is 35.4 Å². The second-order valence-electron chi connectivity index (χ2n) is 11.7. The van der Waals surface area contributed by atoms with E-state index in [2.05, 4.69) is 162 Å². The molecule has 0 saturated carbocycles. The smallest absolute Gasteiger partial charge is 0.141 e. The van der Waals surface area contributed by atoms with Crippen LogP contribution in [0.25, 0.3) is 72.7 Å². The quantitative estimate of drug-likeness (QED) is 0.192. The van der Waals surface area contributed by atoms with Crippen molar-refractivity contribution in [2.75, 3.05) is 0 Å². The van der Waals surface area contributed by atoms with Gasteiger partial charge >= 0.3 is 0 Å². The van der Waals surface area contributed by atoms with E-state index in [-0.39, 0.29) is 0 Å². The second kappa shape index (κ2) is 10.4. The topological polar surface area (TPSA) is 17.8 Å². The summed E-state index contributed by atoms with van der Waals surface area (Å²) in [6, 6.07) is 43.2. The lowest BCUT2D eigenvalue weighted by Crippen LogP contribution is -2.04. The van der Waals surface area contributed by atoms with E-state index < -0.39 is 0 Å². The van der Waals surface area contributed by atoms with Crippen LogP contribution in [-0.4, -0.2) is 9.55 Å². The van der Waals surface area contributed by atoms with Crippen molar-refractivity contribution in [1.82, 2.24) is 9.55 Å². The molecule has 0 N–H and O–H groups in total. The second-order valence-corrected chi connectivity index (χ2v) is 11.7. The van der Waals surface area contributed by atoms with Gasteiger partial charge in [0.1, 0.15) is 5.82 Å². The Balaban J connectivity index is 1.23. The van der Waals surface area contributed by atoms with Gasteiger partial charge in [0, 0.05) is 5.69 Å². The van der Waals surface area contributed by atoms with Gasteiger partial charge in [-0.15, -0.1) is 0 Å². The first-order valence-electron chi connectivity index (χ1n) is 15.5. The molecule has 2 aliphatic carbocycles. The van der Waals surface area contributed by atoms with Crippen LogP contribution in [0.4, 0.5) is 0 Å². The summed E-state index contributed by atoms with van der Waals surface area (Å²) in [5, 5.41) is 5.03.